The second-order valence-corrected chi connectivity index (χ2v) is 7.74. The van der Waals surface area contributed by atoms with Crippen LogP contribution in [0.25, 0.3) is 0 Å². The molecule has 1 aromatic heterocycles. The van der Waals surface area contributed by atoms with Crippen molar-refractivity contribution in [1.29, 1.82) is 0 Å². The van der Waals surface area contributed by atoms with Gasteiger partial charge in [0.1, 0.15) is 5.75 Å². The Morgan fingerprint density at radius 3 is 2.44 bits per heavy atom. The van der Waals surface area contributed by atoms with Crippen LogP contribution in [0.5, 0.6) is 5.75 Å². The predicted molar refractivity (Wildman–Crippen MR) is 90.9 cm³/mol. The monoisotopic (exact) mass is 364 g/mol. The molecule has 1 N–H and O–H groups in total. The Morgan fingerprint density at radius 1 is 1.20 bits per heavy atom. The molecule has 0 saturated carbocycles. The third-order valence-corrected chi connectivity index (χ3v) is 6.14. The summed E-state index contributed by atoms with van der Waals surface area (Å²) in [5.41, 5.74) is 0. The number of carbonyl (C=O) groups excluding carboxylic acids is 1. The first-order valence-corrected chi connectivity index (χ1v) is 9.43. The van der Waals surface area contributed by atoms with E-state index in [9.17, 15) is 13.2 Å². The number of amides is 1. The van der Waals surface area contributed by atoms with Crippen LogP contribution >= 0.6 is 0 Å². The van der Waals surface area contributed by atoms with Crippen LogP contribution in [0.3, 0.4) is 0 Å². The highest BCUT2D eigenvalue weighted by atomic mass is 32.2. The summed E-state index contributed by atoms with van der Waals surface area (Å²) >= 11 is 0. The second kappa shape index (κ2) is 7.28. The SMILES string of the molecule is COc1ccc(S(=O)(=O)N2CCC(NC(=O)c3ccco3)CC2)cc1. The van der Waals surface area contributed by atoms with Crippen LogP contribution in [0.2, 0.25) is 0 Å². The van der Waals surface area contributed by atoms with Crippen LogP contribution in [-0.2, 0) is 10.0 Å². The van der Waals surface area contributed by atoms with Crippen molar-refractivity contribution in [2.45, 2.75) is 23.8 Å². The number of nitrogens with one attached hydrogen (secondary N) is 1. The topological polar surface area (TPSA) is 88.9 Å². The first kappa shape index (κ1) is 17.5. The zero-order chi connectivity index (χ0) is 17.9. The molecule has 1 amide bonds. The summed E-state index contributed by atoms with van der Waals surface area (Å²) in [4.78, 5) is 12.2. The fourth-order valence-electron chi connectivity index (χ4n) is 2.80. The van der Waals surface area contributed by atoms with Gasteiger partial charge in [0.15, 0.2) is 5.76 Å². The zero-order valence-corrected chi connectivity index (χ0v) is 14.7. The molecule has 7 nitrogen and oxygen atoms in total. The number of rotatable bonds is 5. The Hall–Kier alpha value is -2.32. The van der Waals surface area contributed by atoms with Gasteiger partial charge in [0.05, 0.1) is 18.3 Å². The number of sulfonamides is 1. The molecule has 2 heterocycles. The van der Waals surface area contributed by atoms with Gasteiger partial charge >= 0.3 is 0 Å². The van der Waals surface area contributed by atoms with E-state index in [2.05, 4.69) is 5.32 Å². The lowest BCUT2D eigenvalue weighted by Crippen LogP contribution is -2.46. The van der Waals surface area contributed by atoms with Gasteiger partial charge in [-0.25, -0.2) is 8.42 Å². The molecule has 1 aliphatic heterocycles. The molecule has 0 radical (unpaired) electrons. The molecule has 0 spiro atoms. The number of piperidine rings is 1. The smallest absolute Gasteiger partial charge is 0.287 e. The molecule has 2 aromatic rings. The van der Waals surface area contributed by atoms with Crippen LogP contribution in [-0.4, -0.2) is 44.9 Å². The van der Waals surface area contributed by atoms with E-state index in [0.29, 0.717) is 31.7 Å². The van der Waals surface area contributed by atoms with Crippen molar-refractivity contribution in [3.63, 3.8) is 0 Å². The van der Waals surface area contributed by atoms with E-state index in [1.807, 2.05) is 0 Å². The minimum atomic E-state index is -3.54. The first-order valence-electron chi connectivity index (χ1n) is 7.99. The van der Waals surface area contributed by atoms with Crippen molar-refractivity contribution in [2.75, 3.05) is 20.2 Å². The summed E-state index contributed by atoms with van der Waals surface area (Å²) < 4.78 is 36.9. The highest BCUT2D eigenvalue weighted by Gasteiger charge is 2.30. The molecule has 0 atom stereocenters. The third kappa shape index (κ3) is 3.85. The summed E-state index contributed by atoms with van der Waals surface area (Å²) in [6.45, 7) is 0.717. The van der Waals surface area contributed by atoms with Crippen molar-refractivity contribution < 1.29 is 22.4 Å². The Labute approximate surface area is 146 Å². The fourth-order valence-corrected chi connectivity index (χ4v) is 4.27. The lowest BCUT2D eigenvalue weighted by Gasteiger charge is -2.31. The average molecular weight is 364 g/mol. The molecule has 134 valence electrons. The summed E-state index contributed by atoms with van der Waals surface area (Å²) in [7, 11) is -2.00. The van der Waals surface area contributed by atoms with E-state index < -0.39 is 10.0 Å². The van der Waals surface area contributed by atoms with Gasteiger partial charge in [-0.05, 0) is 49.2 Å². The number of furan rings is 1. The van der Waals surface area contributed by atoms with E-state index in [1.54, 1.807) is 36.4 Å². The molecule has 1 aromatic carbocycles. The maximum atomic E-state index is 12.7. The van der Waals surface area contributed by atoms with Crippen molar-refractivity contribution in [3.05, 3.63) is 48.4 Å². The van der Waals surface area contributed by atoms with Crippen LogP contribution in [0, 0.1) is 0 Å². The number of benzene rings is 1. The molecule has 0 unspecified atom stereocenters. The van der Waals surface area contributed by atoms with E-state index in [-0.39, 0.29) is 22.6 Å². The molecule has 8 heteroatoms. The first-order chi connectivity index (χ1) is 12.0. The number of hydrogen-bond acceptors (Lipinski definition) is 5. The number of carbonyl (C=O) groups is 1. The Kier molecular flexibility index (Phi) is 5.10. The van der Waals surface area contributed by atoms with E-state index in [4.69, 9.17) is 9.15 Å². The van der Waals surface area contributed by atoms with Gasteiger partial charge in [0.25, 0.3) is 5.91 Å². The molecule has 25 heavy (non-hydrogen) atoms. The van der Waals surface area contributed by atoms with E-state index in [0.717, 1.165) is 0 Å². The highest BCUT2D eigenvalue weighted by Crippen LogP contribution is 2.23. The maximum Gasteiger partial charge on any atom is 0.287 e. The van der Waals surface area contributed by atoms with Crippen LogP contribution in [0.15, 0.2) is 52.0 Å². The minimum absolute atomic E-state index is 0.0695. The van der Waals surface area contributed by atoms with E-state index >= 15 is 0 Å². The largest absolute Gasteiger partial charge is 0.497 e. The van der Waals surface area contributed by atoms with Crippen molar-refractivity contribution in [2.24, 2.45) is 0 Å². The molecule has 1 aliphatic rings. The predicted octanol–water partition coefficient (Wildman–Crippen LogP) is 1.87. The van der Waals surface area contributed by atoms with Crippen molar-refractivity contribution in [3.8, 4) is 5.75 Å². The normalized spacial score (nSPS) is 16.5. The standard InChI is InChI=1S/C17H20N2O5S/c1-23-14-4-6-15(7-5-14)25(21,22)19-10-8-13(9-11-19)18-17(20)16-3-2-12-24-16/h2-7,12-13H,8-11H2,1H3,(H,18,20). The van der Waals surface area contributed by atoms with E-state index in [1.165, 1.54) is 17.7 Å². The fraction of sp³-hybridized carbons (Fsp3) is 0.353. The summed E-state index contributed by atoms with van der Waals surface area (Å²) in [5, 5.41) is 2.88. The van der Waals surface area contributed by atoms with Crippen molar-refractivity contribution >= 4 is 15.9 Å². The highest BCUT2D eigenvalue weighted by molar-refractivity contribution is 7.89. The van der Waals surface area contributed by atoms with Gasteiger partial charge in [-0.3, -0.25) is 4.79 Å². The molecule has 0 aliphatic carbocycles. The number of nitrogens with zero attached hydrogens (tertiary/aromatic N) is 1. The quantitative estimate of drug-likeness (QED) is 0.875. The summed E-state index contributed by atoms with van der Waals surface area (Å²) in [6.07, 6.45) is 2.56. The van der Waals surface area contributed by atoms with Gasteiger partial charge in [-0.15, -0.1) is 0 Å². The number of hydrogen-bond donors (Lipinski definition) is 1. The Balaban J connectivity index is 1.60. The minimum Gasteiger partial charge on any atom is -0.497 e. The van der Waals surface area contributed by atoms with Gasteiger partial charge in [-0.2, -0.15) is 4.31 Å². The molecule has 0 bridgehead atoms. The molecular weight excluding hydrogens is 344 g/mol. The molecule has 3 rings (SSSR count). The Morgan fingerprint density at radius 2 is 1.88 bits per heavy atom. The third-order valence-electron chi connectivity index (χ3n) is 4.23. The molecule has 1 fully saturated rings. The number of methoxy groups -OCH3 is 1. The average Bonchev–Trinajstić information content (AvgIpc) is 3.17. The zero-order valence-electron chi connectivity index (χ0n) is 13.8. The summed E-state index contributed by atoms with van der Waals surface area (Å²) in [6, 6.07) is 9.52. The van der Waals surface area contributed by atoms with Crippen LogP contribution in [0.4, 0.5) is 0 Å². The lowest BCUT2D eigenvalue weighted by atomic mass is 10.1. The van der Waals surface area contributed by atoms with Gasteiger partial charge < -0.3 is 14.5 Å². The van der Waals surface area contributed by atoms with Gasteiger partial charge in [0.2, 0.25) is 10.0 Å². The summed E-state index contributed by atoms with van der Waals surface area (Å²) in [5.74, 6) is 0.591. The second-order valence-electron chi connectivity index (χ2n) is 5.80. The van der Waals surface area contributed by atoms with Crippen molar-refractivity contribution in [1.82, 2.24) is 9.62 Å². The van der Waals surface area contributed by atoms with Crippen LogP contribution < -0.4 is 10.1 Å². The Bertz CT molecular complexity index is 807. The maximum absolute atomic E-state index is 12.7. The van der Waals surface area contributed by atoms with Crippen LogP contribution in [0.1, 0.15) is 23.4 Å². The van der Waals surface area contributed by atoms with Gasteiger partial charge in [0, 0.05) is 19.1 Å². The lowest BCUT2D eigenvalue weighted by molar-refractivity contribution is 0.0895. The van der Waals surface area contributed by atoms with Gasteiger partial charge in [-0.1, -0.05) is 0 Å². The number of ether oxygens (including phenoxy) is 1. The molecule has 1 saturated heterocycles. The molecular formula is C17H20N2O5S.